The Hall–Kier alpha value is -1.97. The van der Waals surface area contributed by atoms with Crippen molar-refractivity contribution < 1.29 is 14.6 Å². The molecule has 2 aromatic heterocycles. The molecular formula is C10H14N6O3. The van der Waals surface area contributed by atoms with Crippen molar-refractivity contribution in [3.63, 3.8) is 0 Å². The van der Waals surface area contributed by atoms with Crippen LogP contribution >= 0.6 is 0 Å². The van der Waals surface area contributed by atoms with Crippen molar-refractivity contribution in [2.75, 3.05) is 31.3 Å². The second-order valence-corrected chi connectivity index (χ2v) is 4.04. The molecule has 9 heteroatoms. The zero-order valence-corrected chi connectivity index (χ0v) is 10.3. The fourth-order valence-electron chi connectivity index (χ4n) is 2.00. The molecule has 1 fully saturated rings. The SMILES string of the molecule is CNc1nc(N)nc2c1ncn2[C@H]1CO[C@@H](CO)O1. The van der Waals surface area contributed by atoms with Crippen LogP contribution in [0.15, 0.2) is 6.33 Å². The predicted molar refractivity (Wildman–Crippen MR) is 66.2 cm³/mol. The van der Waals surface area contributed by atoms with Crippen LogP contribution in [0.3, 0.4) is 0 Å². The number of hydrogen-bond acceptors (Lipinski definition) is 8. The van der Waals surface area contributed by atoms with Gasteiger partial charge < -0.3 is 25.6 Å². The Balaban J connectivity index is 2.03. The van der Waals surface area contributed by atoms with Crippen LogP contribution in [0.25, 0.3) is 11.2 Å². The van der Waals surface area contributed by atoms with Gasteiger partial charge in [-0.3, -0.25) is 4.57 Å². The minimum Gasteiger partial charge on any atom is -0.391 e. The maximum absolute atomic E-state index is 8.99. The summed E-state index contributed by atoms with van der Waals surface area (Å²) in [6.45, 7) is 0.123. The topological polar surface area (TPSA) is 120 Å². The molecule has 0 aromatic carbocycles. The predicted octanol–water partition coefficient (Wildman–Crippen LogP) is -0.686. The lowest BCUT2D eigenvalue weighted by atomic mass is 10.4. The number of hydrogen-bond donors (Lipinski definition) is 3. The third kappa shape index (κ3) is 1.97. The molecule has 2 atom stereocenters. The molecule has 1 aliphatic rings. The second-order valence-electron chi connectivity index (χ2n) is 4.04. The Morgan fingerprint density at radius 2 is 2.42 bits per heavy atom. The molecule has 102 valence electrons. The van der Waals surface area contributed by atoms with Gasteiger partial charge in [0.25, 0.3) is 0 Å². The molecule has 4 N–H and O–H groups in total. The molecule has 1 aliphatic heterocycles. The number of nitrogens with zero attached hydrogens (tertiary/aromatic N) is 4. The summed E-state index contributed by atoms with van der Waals surface area (Å²) in [7, 11) is 1.73. The Labute approximate surface area is 108 Å². The van der Waals surface area contributed by atoms with Crippen molar-refractivity contribution in [1.82, 2.24) is 19.5 Å². The summed E-state index contributed by atoms with van der Waals surface area (Å²) in [6.07, 6.45) is 0.583. The van der Waals surface area contributed by atoms with Crippen LogP contribution in [-0.2, 0) is 9.47 Å². The Bertz CT molecular complexity index is 600. The first-order valence-electron chi connectivity index (χ1n) is 5.78. The van der Waals surface area contributed by atoms with Crippen LogP contribution in [0.4, 0.5) is 11.8 Å². The zero-order valence-electron chi connectivity index (χ0n) is 10.3. The fraction of sp³-hybridized carbons (Fsp3) is 0.500. The highest BCUT2D eigenvalue weighted by Gasteiger charge is 2.28. The highest BCUT2D eigenvalue weighted by molar-refractivity contribution is 5.84. The van der Waals surface area contributed by atoms with Gasteiger partial charge in [-0.25, -0.2) is 4.98 Å². The van der Waals surface area contributed by atoms with Crippen molar-refractivity contribution in [2.45, 2.75) is 12.5 Å². The number of fused-ring (bicyclic) bond motifs is 1. The van der Waals surface area contributed by atoms with E-state index in [2.05, 4.69) is 20.3 Å². The number of aromatic nitrogens is 4. The van der Waals surface area contributed by atoms with E-state index in [4.69, 9.17) is 20.3 Å². The van der Waals surface area contributed by atoms with Crippen LogP contribution in [0.2, 0.25) is 0 Å². The molecule has 19 heavy (non-hydrogen) atoms. The number of aliphatic hydroxyl groups excluding tert-OH is 1. The van der Waals surface area contributed by atoms with Crippen molar-refractivity contribution in [1.29, 1.82) is 0 Å². The molecule has 0 unspecified atom stereocenters. The average molecular weight is 266 g/mol. The Morgan fingerprint density at radius 1 is 1.58 bits per heavy atom. The minimum atomic E-state index is -0.620. The third-order valence-corrected chi connectivity index (χ3v) is 2.87. The number of aliphatic hydroxyl groups is 1. The molecule has 0 radical (unpaired) electrons. The first-order valence-corrected chi connectivity index (χ1v) is 5.78. The molecular weight excluding hydrogens is 252 g/mol. The second kappa shape index (κ2) is 4.61. The third-order valence-electron chi connectivity index (χ3n) is 2.87. The van der Waals surface area contributed by atoms with Gasteiger partial charge in [0, 0.05) is 7.05 Å². The van der Waals surface area contributed by atoms with Crippen LogP contribution in [-0.4, -0.2) is 51.2 Å². The summed E-state index contributed by atoms with van der Waals surface area (Å²) in [5.41, 5.74) is 6.83. The van der Waals surface area contributed by atoms with Gasteiger partial charge in [-0.1, -0.05) is 0 Å². The molecule has 0 saturated carbocycles. The standard InChI is InChI=1S/C10H14N6O3/c1-12-8-7-9(15-10(11)14-8)16(4-13-7)5-3-18-6(2-17)19-5/h4-6,17H,2-3H2,1H3,(H3,11,12,14,15)/t5-,6-/m1/s1. The number of nitrogen functional groups attached to an aromatic ring is 1. The maximum atomic E-state index is 8.99. The average Bonchev–Trinajstić information content (AvgIpc) is 3.03. The van der Waals surface area contributed by atoms with Gasteiger partial charge in [0.1, 0.15) is 0 Å². The summed E-state index contributed by atoms with van der Waals surface area (Å²) in [4.78, 5) is 12.5. The summed E-state index contributed by atoms with van der Waals surface area (Å²) < 4.78 is 12.5. The van der Waals surface area contributed by atoms with Gasteiger partial charge >= 0.3 is 0 Å². The molecule has 0 amide bonds. The van der Waals surface area contributed by atoms with Crippen LogP contribution in [0.5, 0.6) is 0 Å². The van der Waals surface area contributed by atoms with E-state index in [9.17, 15) is 0 Å². The Morgan fingerprint density at radius 3 is 3.11 bits per heavy atom. The fourth-order valence-corrected chi connectivity index (χ4v) is 2.00. The number of nitrogens with two attached hydrogens (primary N) is 1. The lowest BCUT2D eigenvalue weighted by Crippen LogP contribution is -2.15. The number of nitrogens with one attached hydrogen (secondary N) is 1. The highest BCUT2D eigenvalue weighted by atomic mass is 16.7. The largest absolute Gasteiger partial charge is 0.391 e. The number of imidazole rings is 1. The van der Waals surface area contributed by atoms with E-state index < -0.39 is 6.29 Å². The van der Waals surface area contributed by atoms with Crippen molar-refractivity contribution in [3.05, 3.63) is 6.33 Å². The molecule has 2 aromatic rings. The molecule has 0 aliphatic carbocycles. The van der Waals surface area contributed by atoms with E-state index in [1.54, 1.807) is 17.9 Å². The van der Waals surface area contributed by atoms with Gasteiger partial charge in [0.05, 0.1) is 19.5 Å². The van der Waals surface area contributed by atoms with E-state index in [1.165, 1.54) is 0 Å². The normalized spacial score (nSPS) is 23.1. The molecule has 0 bridgehead atoms. The summed E-state index contributed by atoms with van der Waals surface area (Å²) in [5, 5.41) is 11.9. The number of anilines is 2. The van der Waals surface area contributed by atoms with E-state index in [0.717, 1.165) is 0 Å². The van der Waals surface area contributed by atoms with Gasteiger partial charge in [0.2, 0.25) is 5.95 Å². The van der Waals surface area contributed by atoms with Gasteiger partial charge in [-0.15, -0.1) is 0 Å². The quantitative estimate of drug-likeness (QED) is 0.668. The molecule has 9 nitrogen and oxygen atoms in total. The molecule has 0 spiro atoms. The monoisotopic (exact) mass is 266 g/mol. The summed E-state index contributed by atoms with van der Waals surface area (Å²) in [6, 6.07) is 0. The van der Waals surface area contributed by atoms with E-state index in [1.807, 2.05) is 0 Å². The maximum Gasteiger partial charge on any atom is 0.224 e. The van der Waals surface area contributed by atoms with Crippen LogP contribution < -0.4 is 11.1 Å². The van der Waals surface area contributed by atoms with Crippen molar-refractivity contribution in [3.8, 4) is 0 Å². The minimum absolute atomic E-state index is 0.149. The van der Waals surface area contributed by atoms with E-state index >= 15 is 0 Å². The smallest absolute Gasteiger partial charge is 0.224 e. The molecule has 3 rings (SSSR count). The lowest BCUT2D eigenvalue weighted by Gasteiger charge is -2.11. The number of ether oxygens (including phenoxy) is 2. The van der Waals surface area contributed by atoms with Gasteiger partial charge in [-0.05, 0) is 0 Å². The Kier molecular flexibility index (Phi) is 2.93. The van der Waals surface area contributed by atoms with Crippen molar-refractivity contribution in [2.24, 2.45) is 0 Å². The first-order chi connectivity index (χ1) is 9.22. The molecule has 3 heterocycles. The lowest BCUT2D eigenvalue weighted by molar-refractivity contribution is -0.0980. The van der Waals surface area contributed by atoms with Crippen LogP contribution in [0.1, 0.15) is 6.23 Å². The molecule has 1 saturated heterocycles. The van der Waals surface area contributed by atoms with Crippen LogP contribution in [0, 0.1) is 0 Å². The van der Waals surface area contributed by atoms with Gasteiger partial charge in [0.15, 0.2) is 29.5 Å². The van der Waals surface area contributed by atoms with Gasteiger partial charge in [-0.2, -0.15) is 9.97 Å². The van der Waals surface area contributed by atoms with Crippen molar-refractivity contribution >= 4 is 22.9 Å². The zero-order chi connectivity index (χ0) is 13.4. The highest BCUT2D eigenvalue weighted by Crippen LogP contribution is 2.26. The number of rotatable bonds is 3. The summed E-state index contributed by atoms with van der Waals surface area (Å²) >= 11 is 0. The summed E-state index contributed by atoms with van der Waals surface area (Å²) in [5.74, 6) is 0.704. The van der Waals surface area contributed by atoms with E-state index in [-0.39, 0.29) is 18.8 Å². The first kappa shape index (κ1) is 12.1. The van der Waals surface area contributed by atoms with E-state index in [0.29, 0.717) is 23.6 Å².